The Kier molecular flexibility index (Phi) is 6.16. The number of benzene rings is 2. The molecule has 2 aromatic rings. The Morgan fingerprint density at radius 2 is 1.72 bits per heavy atom. The molecule has 0 spiro atoms. The molecule has 0 atom stereocenters. The quantitative estimate of drug-likeness (QED) is 0.518. The summed E-state index contributed by atoms with van der Waals surface area (Å²) in [4.78, 5) is 2.13. The zero-order valence-electron chi connectivity index (χ0n) is 16.7. The normalized spacial score (nSPS) is 17.4. The fourth-order valence-electron chi connectivity index (χ4n) is 3.86. The molecule has 1 saturated heterocycles. The van der Waals surface area contributed by atoms with Crippen LogP contribution in [-0.2, 0) is 18.4 Å². The van der Waals surface area contributed by atoms with Crippen LogP contribution in [0.25, 0.3) is 0 Å². The lowest BCUT2D eigenvalue weighted by Crippen LogP contribution is -2.40. The van der Waals surface area contributed by atoms with Crippen LogP contribution in [0.1, 0.15) is 40.7 Å². The number of likely N-dealkylation sites (tertiary alicyclic amines) is 1. The van der Waals surface area contributed by atoms with E-state index >= 15 is 4.39 Å². The number of hydrogen-bond acceptors (Lipinski definition) is 2. The predicted molar refractivity (Wildman–Crippen MR) is 106 cm³/mol. The first-order valence-corrected chi connectivity index (χ1v) is 9.84. The largest absolute Gasteiger partial charge is 0.496 e. The van der Waals surface area contributed by atoms with Crippen molar-refractivity contribution in [2.75, 3.05) is 20.2 Å². The summed E-state index contributed by atoms with van der Waals surface area (Å²) in [5, 5.41) is -0.410. The number of halogens is 5. The number of methoxy groups -OCH3 is 1. The van der Waals surface area contributed by atoms with Crippen molar-refractivity contribution in [2.45, 2.75) is 45.1 Å². The van der Waals surface area contributed by atoms with E-state index in [-0.39, 0.29) is 18.4 Å². The summed E-state index contributed by atoms with van der Waals surface area (Å²) in [6.07, 6.45) is -4.33. The molecule has 29 heavy (non-hydrogen) atoms. The molecular formula is C22H24ClF4NO. The Balaban J connectivity index is 1.73. The van der Waals surface area contributed by atoms with Crippen LogP contribution in [0.5, 0.6) is 5.75 Å². The lowest BCUT2D eigenvalue weighted by atomic mass is 9.85. The molecule has 2 nitrogen and oxygen atoms in total. The van der Waals surface area contributed by atoms with Crippen molar-refractivity contribution in [1.82, 2.24) is 4.90 Å². The van der Waals surface area contributed by atoms with E-state index < -0.39 is 22.4 Å². The SMILES string of the molecule is COc1ccc(CN2CCC(F)(c3ccc(Cl)c(C(F)(F)F)c3)CC2)c(C)c1C. The molecule has 0 radical (unpaired) electrons. The second-order valence-electron chi connectivity index (χ2n) is 7.61. The molecule has 3 rings (SSSR count). The molecule has 0 amide bonds. The molecule has 0 aromatic heterocycles. The molecule has 0 aliphatic carbocycles. The third-order valence-corrected chi connectivity index (χ3v) is 6.23. The standard InChI is InChI=1S/C22H24ClF4NO/c1-14-15(2)20(29-3)7-4-16(14)13-28-10-8-21(24,9-11-28)17-5-6-19(23)18(12-17)22(25,26)27/h4-7,12H,8-11,13H2,1-3H3. The highest BCUT2D eigenvalue weighted by Gasteiger charge is 2.39. The number of piperidine rings is 1. The van der Waals surface area contributed by atoms with Crippen molar-refractivity contribution < 1.29 is 22.3 Å². The molecule has 2 aromatic carbocycles. The van der Waals surface area contributed by atoms with E-state index in [0.29, 0.717) is 19.6 Å². The minimum Gasteiger partial charge on any atom is -0.496 e. The Bertz CT molecular complexity index is 889. The van der Waals surface area contributed by atoms with Crippen LogP contribution < -0.4 is 4.74 Å². The van der Waals surface area contributed by atoms with Crippen LogP contribution in [0.2, 0.25) is 5.02 Å². The third-order valence-electron chi connectivity index (χ3n) is 5.90. The van der Waals surface area contributed by atoms with Gasteiger partial charge < -0.3 is 4.74 Å². The first-order valence-electron chi connectivity index (χ1n) is 9.47. The Labute approximate surface area is 173 Å². The van der Waals surface area contributed by atoms with Crippen molar-refractivity contribution in [2.24, 2.45) is 0 Å². The minimum absolute atomic E-state index is 0.0466. The van der Waals surface area contributed by atoms with E-state index in [9.17, 15) is 13.2 Å². The van der Waals surface area contributed by atoms with Gasteiger partial charge in [-0.3, -0.25) is 4.90 Å². The van der Waals surface area contributed by atoms with E-state index in [1.54, 1.807) is 7.11 Å². The zero-order chi connectivity index (χ0) is 21.4. The van der Waals surface area contributed by atoms with Crippen molar-refractivity contribution in [3.05, 3.63) is 63.2 Å². The Hall–Kier alpha value is -1.79. The molecule has 1 heterocycles. The van der Waals surface area contributed by atoms with Gasteiger partial charge in [0, 0.05) is 19.6 Å². The van der Waals surface area contributed by atoms with Crippen molar-refractivity contribution in [1.29, 1.82) is 0 Å². The van der Waals surface area contributed by atoms with Crippen LogP contribution >= 0.6 is 11.6 Å². The van der Waals surface area contributed by atoms with E-state index in [1.807, 2.05) is 26.0 Å². The van der Waals surface area contributed by atoms with Gasteiger partial charge in [-0.1, -0.05) is 23.7 Å². The predicted octanol–water partition coefficient (Wildman–Crippen LogP) is 6.45. The number of rotatable bonds is 4. The molecule has 0 unspecified atom stereocenters. The Morgan fingerprint density at radius 3 is 2.31 bits per heavy atom. The summed E-state index contributed by atoms with van der Waals surface area (Å²) in [6, 6.07) is 7.29. The van der Waals surface area contributed by atoms with Crippen molar-refractivity contribution in [3.8, 4) is 5.75 Å². The lowest BCUT2D eigenvalue weighted by Gasteiger charge is -2.37. The van der Waals surface area contributed by atoms with E-state index in [0.717, 1.165) is 34.6 Å². The van der Waals surface area contributed by atoms with E-state index in [1.165, 1.54) is 6.07 Å². The lowest BCUT2D eigenvalue weighted by molar-refractivity contribution is -0.137. The maximum atomic E-state index is 15.5. The van der Waals surface area contributed by atoms with Gasteiger partial charge in [-0.25, -0.2) is 4.39 Å². The second-order valence-corrected chi connectivity index (χ2v) is 8.02. The summed E-state index contributed by atoms with van der Waals surface area (Å²) in [7, 11) is 1.63. The molecule has 0 N–H and O–H groups in total. The molecular weight excluding hydrogens is 406 g/mol. The van der Waals surface area contributed by atoms with Gasteiger partial charge in [-0.2, -0.15) is 13.2 Å². The topological polar surface area (TPSA) is 12.5 Å². The van der Waals surface area contributed by atoms with E-state index in [2.05, 4.69) is 4.90 Å². The highest BCUT2D eigenvalue weighted by atomic mass is 35.5. The third kappa shape index (κ3) is 4.53. The zero-order valence-corrected chi connectivity index (χ0v) is 17.4. The summed E-state index contributed by atoms with van der Waals surface area (Å²) in [5.74, 6) is 0.830. The number of hydrogen-bond donors (Lipinski definition) is 0. The maximum absolute atomic E-state index is 15.5. The molecule has 0 bridgehead atoms. The first kappa shape index (κ1) is 21.9. The average molecular weight is 430 g/mol. The van der Waals surface area contributed by atoms with Gasteiger partial charge in [-0.05, 0) is 67.1 Å². The Morgan fingerprint density at radius 1 is 1.07 bits per heavy atom. The van der Waals surface area contributed by atoms with Crippen LogP contribution in [0.3, 0.4) is 0 Å². The monoisotopic (exact) mass is 429 g/mol. The highest BCUT2D eigenvalue weighted by Crippen LogP contribution is 2.42. The average Bonchev–Trinajstić information content (AvgIpc) is 2.67. The van der Waals surface area contributed by atoms with Gasteiger partial charge in [0.15, 0.2) is 0 Å². The van der Waals surface area contributed by atoms with Gasteiger partial charge in [0.2, 0.25) is 0 Å². The van der Waals surface area contributed by atoms with Crippen molar-refractivity contribution in [3.63, 3.8) is 0 Å². The van der Waals surface area contributed by atoms with Crippen LogP contribution in [0.15, 0.2) is 30.3 Å². The summed E-state index contributed by atoms with van der Waals surface area (Å²) in [6.45, 7) is 5.62. The first-order chi connectivity index (χ1) is 13.5. The highest BCUT2D eigenvalue weighted by molar-refractivity contribution is 6.31. The van der Waals surface area contributed by atoms with Gasteiger partial charge in [0.05, 0.1) is 17.7 Å². The van der Waals surface area contributed by atoms with Gasteiger partial charge in [0.25, 0.3) is 0 Å². The van der Waals surface area contributed by atoms with Crippen molar-refractivity contribution >= 4 is 11.6 Å². The fourth-order valence-corrected chi connectivity index (χ4v) is 4.09. The number of ether oxygens (including phenoxy) is 1. The summed E-state index contributed by atoms with van der Waals surface area (Å²) < 4.78 is 60.2. The number of alkyl halides is 4. The fraction of sp³-hybridized carbons (Fsp3) is 0.455. The molecule has 1 aliphatic heterocycles. The second kappa shape index (κ2) is 8.15. The number of nitrogens with zero attached hydrogens (tertiary/aromatic N) is 1. The molecule has 1 fully saturated rings. The summed E-state index contributed by atoms with van der Waals surface area (Å²) >= 11 is 5.67. The van der Waals surface area contributed by atoms with E-state index in [4.69, 9.17) is 16.3 Å². The van der Waals surface area contributed by atoms with Gasteiger partial charge >= 0.3 is 6.18 Å². The van der Waals surface area contributed by atoms with Gasteiger partial charge in [0.1, 0.15) is 11.4 Å². The minimum atomic E-state index is -4.60. The van der Waals surface area contributed by atoms with Gasteiger partial charge in [-0.15, -0.1) is 0 Å². The molecule has 158 valence electrons. The molecule has 7 heteroatoms. The van der Waals surface area contributed by atoms with Crippen LogP contribution in [0, 0.1) is 13.8 Å². The maximum Gasteiger partial charge on any atom is 0.417 e. The van der Waals surface area contributed by atoms with Crippen LogP contribution in [-0.4, -0.2) is 25.1 Å². The van der Waals surface area contributed by atoms with Crippen LogP contribution in [0.4, 0.5) is 17.6 Å². The summed E-state index contributed by atoms with van der Waals surface area (Å²) in [5.41, 5.74) is 0.620. The molecule has 0 saturated carbocycles. The smallest absolute Gasteiger partial charge is 0.417 e. The molecule has 1 aliphatic rings.